The molecule has 0 saturated carbocycles. The van der Waals surface area contributed by atoms with Gasteiger partial charge < -0.3 is 15.3 Å². The molecule has 1 saturated heterocycles. The number of piperazine rings is 1. The number of amides is 1. The summed E-state index contributed by atoms with van der Waals surface area (Å²) in [6.07, 6.45) is 0.170. The average molecular weight is 446 g/mol. The standard InChI is InChI=1S/C27H31N3O3/c1-19-10-11-22(30-16-14-29(15-17-30)13-12-26(31)32)18-25(19)27(33)28-20(2)23-9-5-7-21-6-3-4-8-24(21)23/h3-11,18,20H,12-17H2,1-2H3,(H,28,33)(H,31,32)/t20-/m1/s1. The predicted molar refractivity (Wildman–Crippen MR) is 132 cm³/mol. The van der Waals surface area contributed by atoms with E-state index in [2.05, 4.69) is 45.4 Å². The Morgan fingerprint density at radius 2 is 1.73 bits per heavy atom. The Hall–Kier alpha value is -3.38. The van der Waals surface area contributed by atoms with Crippen molar-refractivity contribution in [1.82, 2.24) is 10.2 Å². The van der Waals surface area contributed by atoms with Crippen molar-refractivity contribution in [3.63, 3.8) is 0 Å². The van der Waals surface area contributed by atoms with Gasteiger partial charge in [-0.25, -0.2) is 0 Å². The number of anilines is 1. The van der Waals surface area contributed by atoms with Crippen molar-refractivity contribution in [1.29, 1.82) is 0 Å². The third-order valence-electron chi connectivity index (χ3n) is 6.48. The van der Waals surface area contributed by atoms with Crippen molar-refractivity contribution in [3.05, 3.63) is 77.4 Å². The molecular weight excluding hydrogens is 414 g/mol. The monoisotopic (exact) mass is 445 g/mol. The number of aliphatic carboxylic acids is 1. The van der Waals surface area contributed by atoms with Crippen LogP contribution in [0.3, 0.4) is 0 Å². The normalized spacial score (nSPS) is 15.4. The van der Waals surface area contributed by atoms with Crippen molar-refractivity contribution >= 4 is 28.3 Å². The quantitative estimate of drug-likeness (QED) is 0.569. The molecule has 0 aromatic heterocycles. The lowest BCUT2D eigenvalue weighted by Gasteiger charge is -2.36. The van der Waals surface area contributed by atoms with Crippen molar-refractivity contribution < 1.29 is 14.7 Å². The number of nitrogens with zero attached hydrogens (tertiary/aromatic N) is 2. The lowest BCUT2D eigenvalue weighted by atomic mass is 9.99. The largest absolute Gasteiger partial charge is 0.481 e. The lowest BCUT2D eigenvalue weighted by Crippen LogP contribution is -2.47. The van der Waals surface area contributed by atoms with Gasteiger partial charge in [-0.15, -0.1) is 0 Å². The molecule has 0 aliphatic carbocycles. The second-order valence-corrected chi connectivity index (χ2v) is 8.74. The summed E-state index contributed by atoms with van der Waals surface area (Å²) in [4.78, 5) is 28.5. The van der Waals surface area contributed by atoms with Gasteiger partial charge >= 0.3 is 5.97 Å². The molecule has 172 valence electrons. The van der Waals surface area contributed by atoms with Crippen LogP contribution in [0.1, 0.15) is 40.9 Å². The Kier molecular flexibility index (Phi) is 6.94. The summed E-state index contributed by atoms with van der Waals surface area (Å²) >= 11 is 0. The van der Waals surface area contributed by atoms with E-state index in [1.807, 2.05) is 44.2 Å². The molecule has 3 aromatic rings. The molecule has 1 heterocycles. The third-order valence-corrected chi connectivity index (χ3v) is 6.48. The van der Waals surface area contributed by atoms with Crippen LogP contribution in [0, 0.1) is 6.92 Å². The Balaban J connectivity index is 1.45. The highest BCUT2D eigenvalue weighted by Gasteiger charge is 2.20. The topological polar surface area (TPSA) is 72.9 Å². The van der Waals surface area contributed by atoms with Gasteiger partial charge in [0.25, 0.3) is 5.91 Å². The first-order valence-corrected chi connectivity index (χ1v) is 11.5. The number of aryl methyl sites for hydroxylation is 1. The smallest absolute Gasteiger partial charge is 0.304 e. The molecule has 1 fully saturated rings. The van der Waals surface area contributed by atoms with Crippen LogP contribution < -0.4 is 10.2 Å². The van der Waals surface area contributed by atoms with E-state index in [9.17, 15) is 9.59 Å². The zero-order chi connectivity index (χ0) is 23.4. The lowest BCUT2D eigenvalue weighted by molar-refractivity contribution is -0.137. The molecule has 6 nitrogen and oxygen atoms in total. The minimum Gasteiger partial charge on any atom is -0.481 e. The molecule has 2 N–H and O–H groups in total. The van der Waals surface area contributed by atoms with Crippen molar-refractivity contribution in [2.24, 2.45) is 0 Å². The maximum atomic E-state index is 13.2. The molecule has 33 heavy (non-hydrogen) atoms. The average Bonchev–Trinajstić information content (AvgIpc) is 2.83. The summed E-state index contributed by atoms with van der Waals surface area (Å²) in [5, 5.41) is 14.4. The van der Waals surface area contributed by atoms with Crippen LogP contribution in [0.2, 0.25) is 0 Å². The highest BCUT2D eigenvalue weighted by Crippen LogP contribution is 2.26. The van der Waals surface area contributed by atoms with Gasteiger partial charge in [-0.05, 0) is 47.9 Å². The van der Waals surface area contributed by atoms with E-state index in [-0.39, 0.29) is 18.4 Å². The van der Waals surface area contributed by atoms with Crippen molar-refractivity contribution in [2.45, 2.75) is 26.3 Å². The van der Waals surface area contributed by atoms with Crippen LogP contribution in [-0.2, 0) is 4.79 Å². The maximum absolute atomic E-state index is 13.2. The number of carboxylic acid groups (broad SMARTS) is 1. The first kappa shape index (κ1) is 22.8. The van der Waals surface area contributed by atoms with Gasteiger partial charge in [0.2, 0.25) is 0 Å². The first-order chi connectivity index (χ1) is 15.9. The molecule has 4 rings (SSSR count). The fourth-order valence-electron chi connectivity index (χ4n) is 4.51. The van der Waals surface area contributed by atoms with Crippen LogP contribution in [0.25, 0.3) is 10.8 Å². The molecule has 1 aliphatic rings. The minimum absolute atomic E-state index is 0.0742. The van der Waals surface area contributed by atoms with Gasteiger partial charge in [-0.2, -0.15) is 0 Å². The van der Waals surface area contributed by atoms with E-state index >= 15 is 0 Å². The Morgan fingerprint density at radius 1 is 1.00 bits per heavy atom. The molecule has 6 heteroatoms. The molecular formula is C27H31N3O3. The highest BCUT2D eigenvalue weighted by atomic mass is 16.4. The number of nitrogens with one attached hydrogen (secondary N) is 1. The molecule has 0 bridgehead atoms. The molecule has 0 radical (unpaired) electrons. The van der Waals surface area contributed by atoms with Gasteiger partial charge in [0.05, 0.1) is 12.5 Å². The second kappa shape index (κ2) is 10.0. The second-order valence-electron chi connectivity index (χ2n) is 8.74. The summed E-state index contributed by atoms with van der Waals surface area (Å²) in [6, 6.07) is 20.3. The summed E-state index contributed by atoms with van der Waals surface area (Å²) in [5.74, 6) is -0.834. The van der Waals surface area contributed by atoms with Gasteiger partial charge in [-0.3, -0.25) is 14.5 Å². The van der Waals surface area contributed by atoms with Crippen molar-refractivity contribution in [3.8, 4) is 0 Å². The zero-order valence-electron chi connectivity index (χ0n) is 19.3. The van der Waals surface area contributed by atoms with Gasteiger partial charge in [-0.1, -0.05) is 48.5 Å². The third kappa shape index (κ3) is 5.34. The van der Waals surface area contributed by atoms with E-state index in [4.69, 9.17) is 5.11 Å². The van der Waals surface area contributed by atoms with E-state index in [1.54, 1.807) is 0 Å². The van der Waals surface area contributed by atoms with E-state index in [1.165, 1.54) is 0 Å². The highest BCUT2D eigenvalue weighted by molar-refractivity contribution is 5.97. The first-order valence-electron chi connectivity index (χ1n) is 11.5. The van der Waals surface area contributed by atoms with E-state index in [0.29, 0.717) is 12.1 Å². The molecule has 1 amide bonds. The van der Waals surface area contributed by atoms with Gasteiger partial charge in [0.1, 0.15) is 0 Å². The number of carbonyl (C=O) groups is 2. The van der Waals surface area contributed by atoms with Crippen molar-refractivity contribution in [2.75, 3.05) is 37.6 Å². The summed E-state index contributed by atoms with van der Waals surface area (Å²) in [5.41, 5.74) is 3.77. The molecule has 3 aromatic carbocycles. The fourth-order valence-corrected chi connectivity index (χ4v) is 4.51. The van der Waals surface area contributed by atoms with Crippen LogP contribution in [-0.4, -0.2) is 54.6 Å². The van der Waals surface area contributed by atoms with Crippen LogP contribution in [0.15, 0.2) is 60.7 Å². The molecule has 0 spiro atoms. The summed E-state index contributed by atoms with van der Waals surface area (Å²) in [7, 11) is 0. The zero-order valence-corrected chi connectivity index (χ0v) is 19.3. The number of carboxylic acids is 1. The molecule has 0 unspecified atom stereocenters. The maximum Gasteiger partial charge on any atom is 0.304 e. The SMILES string of the molecule is Cc1ccc(N2CCN(CCC(=O)O)CC2)cc1C(=O)N[C@H](C)c1cccc2ccccc12. The Bertz CT molecular complexity index is 1150. The van der Waals surface area contributed by atoms with Gasteiger partial charge in [0, 0.05) is 44.0 Å². The number of hydrogen-bond donors (Lipinski definition) is 2. The number of hydrogen-bond acceptors (Lipinski definition) is 4. The minimum atomic E-state index is -0.760. The van der Waals surface area contributed by atoms with Crippen LogP contribution >= 0.6 is 0 Å². The number of rotatable bonds is 7. The van der Waals surface area contributed by atoms with Crippen LogP contribution in [0.5, 0.6) is 0 Å². The Labute approximate surface area is 194 Å². The summed E-state index contributed by atoms with van der Waals surface area (Å²) < 4.78 is 0. The summed E-state index contributed by atoms with van der Waals surface area (Å²) in [6.45, 7) is 7.84. The molecule has 1 atom stereocenters. The van der Waals surface area contributed by atoms with Gasteiger partial charge in [0.15, 0.2) is 0 Å². The number of fused-ring (bicyclic) bond motifs is 1. The number of benzene rings is 3. The van der Waals surface area contributed by atoms with Crippen LogP contribution in [0.4, 0.5) is 5.69 Å². The predicted octanol–water partition coefficient (Wildman–Crippen LogP) is 4.24. The van der Waals surface area contributed by atoms with E-state index < -0.39 is 5.97 Å². The number of carbonyl (C=O) groups excluding carboxylic acids is 1. The van der Waals surface area contributed by atoms with E-state index in [0.717, 1.165) is 53.8 Å². The fraction of sp³-hybridized carbons (Fsp3) is 0.333. The molecule has 1 aliphatic heterocycles. The Morgan fingerprint density at radius 3 is 2.48 bits per heavy atom.